The molecule has 3 rings (SSSR count). The van der Waals surface area contributed by atoms with E-state index in [1.807, 2.05) is 18.2 Å². The van der Waals surface area contributed by atoms with Gasteiger partial charge in [-0.2, -0.15) is 0 Å². The summed E-state index contributed by atoms with van der Waals surface area (Å²) in [6.45, 7) is 5.22. The minimum absolute atomic E-state index is 0.0254. The molecule has 1 saturated heterocycles. The van der Waals surface area contributed by atoms with Gasteiger partial charge in [-0.15, -0.1) is 0 Å². The van der Waals surface area contributed by atoms with Crippen molar-refractivity contribution in [2.45, 2.75) is 20.0 Å². The second kappa shape index (κ2) is 9.46. The number of carbonyl (C=O) groups is 2. The van der Waals surface area contributed by atoms with E-state index in [1.54, 1.807) is 23.1 Å². The number of benzene rings is 2. The lowest BCUT2D eigenvalue weighted by Crippen LogP contribution is -2.51. The topological polar surface area (TPSA) is 43.9 Å². The third kappa shape index (κ3) is 5.39. The molecule has 0 aromatic heterocycles. The highest BCUT2D eigenvalue weighted by Crippen LogP contribution is 2.12. The zero-order valence-electron chi connectivity index (χ0n) is 16.2. The van der Waals surface area contributed by atoms with Crippen LogP contribution in [0.1, 0.15) is 18.1 Å². The molecule has 0 atom stereocenters. The Labute approximate surface area is 165 Å². The average molecular weight is 383 g/mol. The van der Waals surface area contributed by atoms with E-state index in [2.05, 4.69) is 17.0 Å². The number of hydrogen-bond donors (Lipinski definition) is 0. The molecule has 0 radical (unpaired) electrons. The highest BCUT2D eigenvalue weighted by atomic mass is 19.1. The molecule has 148 valence electrons. The summed E-state index contributed by atoms with van der Waals surface area (Å²) in [6, 6.07) is 16.6. The fourth-order valence-corrected chi connectivity index (χ4v) is 3.37. The second-order valence-corrected chi connectivity index (χ2v) is 7.11. The molecule has 0 N–H and O–H groups in total. The van der Waals surface area contributed by atoms with Crippen LogP contribution in [0.5, 0.6) is 0 Å². The summed E-state index contributed by atoms with van der Waals surface area (Å²) in [7, 11) is 0. The number of carbonyl (C=O) groups excluding carboxylic acids is 2. The Bertz CT molecular complexity index is 804. The predicted molar refractivity (Wildman–Crippen MR) is 106 cm³/mol. The Morgan fingerprint density at radius 1 is 0.964 bits per heavy atom. The molecule has 6 heteroatoms. The summed E-state index contributed by atoms with van der Waals surface area (Å²) in [5.74, 6) is -0.694. The maximum absolute atomic E-state index is 13.9. The lowest BCUT2D eigenvalue weighted by atomic mass is 10.2. The average Bonchev–Trinajstić information content (AvgIpc) is 2.70. The number of hydrogen-bond acceptors (Lipinski definition) is 3. The molecule has 0 aliphatic carbocycles. The maximum Gasteiger partial charge on any atom is 0.242 e. The first-order valence-corrected chi connectivity index (χ1v) is 9.56. The summed E-state index contributed by atoms with van der Waals surface area (Å²) in [5.41, 5.74) is 1.67. The highest BCUT2D eigenvalue weighted by Gasteiger charge is 2.24. The second-order valence-electron chi connectivity index (χ2n) is 7.11. The van der Waals surface area contributed by atoms with Crippen molar-refractivity contribution in [1.82, 2.24) is 14.7 Å². The van der Waals surface area contributed by atoms with Gasteiger partial charge in [0.05, 0.1) is 0 Å². The van der Waals surface area contributed by atoms with Crippen LogP contribution in [0.3, 0.4) is 0 Å². The third-order valence-corrected chi connectivity index (χ3v) is 5.06. The molecular weight excluding hydrogens is 357 g/mol. The molecular formula is C22H26FN3O2. The molecule has 0 saturated carbocycles. The van der Waals surface area contributed by atoms with Crippen LogP contribution in [0.4, 0.5) is 4.39 Å². The summed E-state index contributed by atoms with van der Waals surface area (Å²) in [5, 5.41) is 0. The molecule has 2 amide bonds. The van der Waals surface area contributed by atoms with Crippen molar-refractivity contribution in [2.24, 2.45) is 0 Å². The van der Waals surface area contributed by atoms with Crippen LogP contribution in [0.2, 0.25) is 0 Å². The van der Waals surface area contributed by atoms with Crippen LogP contribution in [-0.2, 0) is 22.7 Å². The lowest BCUT2D eigenvalue weighted by Gasteiger charge is -2.35. The van der Waals surface area contributed by atoms with Crippen molar-refractivity contribution in [2.75, 3.05) is 32.7 Å². The summed E-state index contributed by atoms with van der Waals surface area (Å²) < 4.78 is 13.9. The van der Waals surface area contributed by atoms with Crippen LogP contribution in [-0.4, -0.2) is 59.2 Å². The van der Waals surface area contributed by atoms with E-state index in [1.165, 1.54) is 23.5 Å². The molecule has 1 heterocycles. The van der Waals surface area contributed by atoms with Gasteiger partial charge in [-0.1, -0.05) is 48.5 Å². The fourth-order valence-electron chi connectivity index (χ4n) is 3.37. The quantitative estimate of drug-likeness (QED) is 0.770. The first-order chi connectivity index (χ1) is 13.5. The molecule has 1 fully saturated rings. The first-order valence-electron chi connectivity index (χ1n) is 9.56. The third-order valence-electron chi connectivity index (χ3n) is 5.06. The predicted octanol–water partition coefficient (Wildman–Crippen LogP) is 2.52. The SMILES string of the molecule is CC(=O)N(CC(=O)N1CCN(Cc2ccccc2)CC1)Cc1ccccc1F. The molecule has 0 bridgehead atoms. The molecule has 1 aliphatic heterocycles. The van der Waals surface area contributed by atoms with Gasteiger partial charge in [-0.3, -0.25) is 14.5 Å². The van der Waals surface area contributed by atoms with E-state index in [0.29, 0.717) is 18.7 Å². The van der Waals surface area contributed by atoms with Crippen molar-refractivity contribution in [1.29, 1.82) is 0 Å². The number of nitrogens with zero attached hydrogens (tertiary/aromatic N) is 3. The minimum atomic E-state index is -0.365. The van der Waals surface area contributed by atoms with Crippen molar-refractivity contribution >= 4 is 11.8 Å². The van der Waals surface area contributed by atoms with Gasteiger partial charge in [-0.25, -0.2) is 4.39 Å². The molecule has 28 heavy (non-hydrogen) atoms. The zero-order valence-corrected chi connectivity index (χ0v) is 16.2. The Morgan fingerprint density at radius 3 is 2.25 bits per heavy atom. The molecule has 0 spiro atoms. The van der Waals surface area contributed by atoms with E-state index >= 15 is 0 Å². The number of halogens is 1. The van der Waals surface area contributed by atoms with E-state index in [4.69, 9.17) is 0 Å². The Kier molecular flexibility index (Phi) is 6.76. The molecule has 2 aromatic carbocycles. The Hall–Kier alpha value is -2.73. The molecule has 2 aromatic rings. The van der Waals surface area contributed by atoms with Gasteiger partial charge >= 0.3 is 0 Å². The monoisotopic (exact) mass is 383 g/mol. The van der Waals surface area contributed by atoms with E-state index < -0.39 is 0 Å². The molecule has 0 unspecified atom stereocenters. The smallest absolute Gasteiger partial charge is 0.242 e. The van der Waals surface area contributed by atoms with Crippen LogP contribution in [0, 0.1) is 5.82 Å². The Balaban J connectivity index is 1.52. The maximum atomic E-state index is 13.9. The van der Waals surface area contributed by atoms with Gasteiger partial charge in [0, 0.05) is 51.8 Å². The zero-order chi connectivity index (χ0) is 19.9. The van der Waals surface area contributed by atoms with Gasteiger partial charge in [0.2, 0.25) is 11.8 Å². The van der Waals surface area contributed by atoms with Crippen molar-refractivity contribution in [3.63, 3.8) is 0 Å². The highest BCUT2D eigenvalue weighted by molar-refractivity contribution is 5.84. The van der Waals surface area contributed by atoms with Crippen LogP contribution in [0.25, 0.3) is 0 Å². The van der Waals surface area contributed by atoms with Gasteiger partial charge in [0.1, 0.15) is 12.4 Å². The van der Waals surface area contributed by atoms with Gasteiger partial charge < -0.3 is 9.80 Å². The van der Waals surface area contributed by atoms with E-state index in [9.17, 15) is 14.0 Å². The summed E-state index contributed by atoms with van der Waals surface area (Å²) >= 11 is 0. The number of piperazine rings is 1. The fraction of sp³-hybridized carbons (Fsp3) is 0.364. The van der Waals surface area contributed by atoms with E-state index in [-0.39, 0.29) is 30.7 Å². The van der Waals surface area contributed by atoms with Crippen LogP contribution in [0.15, 0.2) is 54.6 Å². The Morgan fingerprint density at radius 2 is 1.61 bits per heavy atom. The first kappa shape index (κ1) is 20.0. The van der Waals surface area contributed by atoms with Gasteiger partial charge in [-0.05, 0) is 11.6 Å². The minimum Gasteiger partial charge on any atom is -0.339 e. The van der Waals surface area contributed by atoms with Crippen molar-refractivity contribution in [3.8, 4) is 0 Å². The molecule has 5 nitrogen and oxygen atoms in total. The normalized spacial score (nSPS) is 14.7. The van der Waals surface area contributed by atoms with Gasteiger partial charge in [0.25, 0.3) is 0 Å². The van der Waals surface area contributed by atoms with Crippen LogP contribution < -0.4 is 0 Å². The largest absolute Gasteiger partial charge is 0.339 e. The van der Waals surface area contributed by atoms with Crippen molar-refractivity contribution < 1.29 is 14.0 Å². The number of amides is 2. The number of rotatable bonds is 6. The summed E-state index contributed by atoms with van der Waals surface area (Å²) in [6.07, 6.45) is 0. The summed E-state index contributed by atoms with van der Waals surface area (Å²) in [4.78, 5) is 30.1. The standard InChI is InChI=1S/C22H26FN3O2/c1-18(27)26(16-20-9-5-6-10-21(20)23)17-22(28)25-13-11-24(12-14-25)15-19-7-3-2-4-8-19/h2-10H,11-17H2,1H3. The lowest BCUT2D eigenvalue weighted by molar-refractivity contribution is -0.141. The van der Waals surface area contributed by atoms with Crippen LogP contribution >= 0.6 is 0 Å². The van der Waals surface area contributed by atoms with Gasteiger partial charge in [0.15, 0.2) is 0 Å². The van der Waals surface area contributed by atoms with E-state index in [0.717, 1.165) is 19.6 Å². The van der Waals surface area contributed by atoms with Crippen molar-refractivity contribution in [3.05, 3.63) is 71.5 Å². The molecule has 1 aliphatic rings.